The predicted molar refractivity (Wildman–Crippen MR) is 118 cm³/mol. The van der Waals surface area contributed by atoms with Crippen molar-refractivity contribution >= 4 is 11.6 Å². The number of rotatable bonds is 6. The van der Waals surface area contributed by atoms with Crippen LogP contribution in [-0.2, 0) is 16.1 Å². The molecule has 7 heteroatoms. The van der Waals surface area contributed by atoms with Crippen molar-refractivity contribution < 1.29 is 23.7 Å². The van der Waals surface area contributed by atoms with Crippen LogP contribution in [0.15, 0.2) is 42.5 Å². The maximum absolute atomic E-state index is 12.4. The topological polar surface area (TPSA) is 60.5 Å². The van der Waals surface area contributed by atoms with Gasteiger partial charge in [0, 0.05) is 19.6 Å². The average Bonchev–Trinajstić information content (AvgIpc) is 2.77. The second-order valence-electron chi connectivity index (χ2n) is 8.45. The molecule has 4 rings (SSSR count). The van der Waals surface area contributed by atoms with E-state index in [1.807, 2.05) is 36.4 Å². The Balaban J connectivity index is 1.45. The van der Waals surface area contributed by atoms with E-state index in [2.05, 4.69) is 24.8 Å². The number of benzene rings is 2. The maximum Gasteiger partial charge on any atom is 0.260 e. The minimum absolute atomic E-state index is 0.0132. The number of nitrogens with zero attached hydrogens (tertiary/aromatic N) is 2. The van der Waals surface area contributed by atoms with E-state index in [0.29, 0.717) is 44.3 Å². The van der Waals surface area contributed by atoms with Gasteiger partial charge in [-0.2, -0.15) is 0 Å². The van der Waals surface area contributed by atoms with Crippen LogP contribution in [0.3, 0.4) is 0 Å². The lowest BCUT2D eigenvalue weighted by molar-refractivity contribution is -0.137. The number of carbonyl (C=O) groups excluding carboxylic acids is 1. The SMILES string of the molecule is COc1cc(CN2CC(C)(C)Oc3ccccc32)ccc1OCC(=O)N1CCOCC1. The molecule has 7 nitrogen and oxygen atoms in total. The van der Waals surface area contributed by atoms with Gasteiger partial charge in [-0.1, -0.05) is 18.2 Å². The zero-order valence-electron chi connectivity index (χ0n) is 18.4. The quantitative estimate of drug-likeness (QED) is 0.708. The van der Waals surface area contributed by atoms with Crippen molar-refractivity contribution in [3.05, 3.63) is 48.0 Å². The minimum Gasteiger partial charge on any atom is -0.493 e. The monoisotopic (exact) mass is 426 g/mol. The molecule has 0 bridgehead atoms. The summed E-state index contributed by atoms with van der Waals surface area (Å²) in [6.07, 6.45) is 0. The third kappa shape index (κ3) is 5.05. The van der Waals surface area contributed by atoms with Crippen LogP contribution in [0.1, 0.15) is 19.4 Å². The normalized spacial score (nSPS) is 17.5. The summed E-state index contributed by atoms with van der Waals surface area (Å²) < 4.78 is 22.8. The first kappa shape index (κ1) is 21.3. The fraction of sp³-hybridized carbons (Fsp3) is 0.458. The molecule has 2 aromatic carbocycles. The summed E-state index contributed by atoms with van der Waals surface area (Å²) in [6, 6.07) is 14.0. The van der Waals surface area contributed by atoms with Gasteiger partial charge in [0.25, 0.3) is 5.91 Å². The van der Waals surface area contributed by atoms with Crippen molar-refractivity contribution in [2.24, 2.45) is 0 Å². The Kier molecular flexibility index (Phi) is 6.23. The van der Waals surface area contributed by atoms with E-state index in [9.17, 15) is 4.79 Å². The second kappa shape index (κ2) is 9.06. The molecule has 1 fully saturated rings. The number of methoxy groups -OCH3 is 1. The van der Waals surface area contributed by atoms with Crippen LogP contribution in [0.25, 0.3) is 0 Å². The maximum atomic E-state index is 12.4. The van der Waals surface area contributed by atoms with Crippen molar-refractivity contribution in [2.45, 2.75) is 26.0 Å². The highest BCUT2D eigenvalue weighted by atomic mass is 16.5. The summed E-state index contributed by atoms with van der Waals surface area (Å²) in [7, 11) is 1.61. The van der Waals surface area contributed by atoms with Crippen LogP contribution in [0, 0.1) is 0 Å². The summed E-state index contributed by atoms with van der Waals surface area (Å²) in [4.78, 5) is 16.4. The fourth-order valence-corrected chi connectivity index (χ4v) is 4.01. The number of amides is 1. The van der Waals surface area contributed by atoms with E-state index >= 15 is 0 Å². The first-order chi connectivity index (χ1) is 14.9. The van der Waals surface area contributed by atoms with Gasteiger partial charge in [-0.3, -0.25) is 4.79 Å². The Morgan fingerprint density at radius 3 is 2.65 bits per heavy atom. The summed E-state index contributed by atoms with van der Waals surface area (Å²) in [5.74, 6) is 2.04. The van der Waals surface area contributed by atoms with Gasteiger partial charge in [-0.05, 0) is 43.7 Å². The van der Waals surface area contributed by atoms with E-state index in [-0.39, 0.29) is 18.1 Å². The third-order valence-corrected chi connectivity index (χ3v) is 5.48. The van der Waals surface area contributed by atoms with Crippen molar-refractivity contribution in [1.82, 2.24) is 4.90 Å². The first-order valence-electron chi connectivity index (χ1n) is 10.6. The highest BCUT2D eigenvalue weighted by Gasteiger charge is 2.31. The summed E-state index contributed by atoms with van der Waals surface area (Å²) in [6.45, 7) is 8.03. The Bertz CT molecular complexity index is 924. The molecule has 0 atom stereocenters. The van der Waals surface area contributed by atoms with Gasteiger partial charge < -0.3 is 28.7 Å². The number of fused-ring (bicyclic) bond motifs is 1. The lowest BCUT2D eigenvalue weighted by Gasteiger charge is -2.41. The molecule has 0 saturated carbocycles. The molecule has 31 heavy (non-hydrogen) atoms. The number of anilines is 1. The lowest BCUT2D eigenvalue weighted by Crippen LogP contribution is -2.46. The van der Waals surface area contributed by atoms with Crippen molar-refractivity contribution in [2.75, 3.05) is 51.5 Å². The van der Waals surface area contributed by atoms with Gasteiger partial charge in [0.1, 0.15) is 11.4 Å². The largest absolute Gasteiger partial charge is 0.493 e. The molecule has 0 unspecified atom stereocenters. The number of hydrogen-bond acceptors (Lipinski definition) is 6. The smallest absolute Gasteiger partial charge is 0.260 e. The Labute approximate surface area is 183 Å². The van der Waals surface area contributed by atoms with Gasteiger partial charge in [0.15, 0.2) is 18.1 Å². The molecular formula is C24H30N2O5. The van der Waals surface area contributed by atoms with Crippen molar-refractivity contribution in [3.63, 3.8) is 0 Å². The Hall–Kier alpha value is -2.93. The molecule has 0 spiro atoms. The molecule has 0 N–H and O–H groups in total. The third-order valence-electron chi connectivity index (χ3n) is 5.48. The molecule has 2 aliphatic rings. The van der Waals surface area contributed by atoms with E-state index in [0.717, 1.165) is 23.5 Å². The summed E-state index contributed by atoms with van der Waals surface area (Å²) in [5.41, 5.74) is 1.90. The van der Waals surface area contributed by atoms with Gasteiger partial charge in [0.2, 0.25) is 0 Å². The van der Waals surface area contributed by atoms with Gasteiger partial charge in [-0.15, -0.1) is 0 Å². The van der Waals surface area contributed by atoms with Crippen molar-refractivity contribution in [1.29, 1.82) is 0 Å². The van der Waals surface area contributed by atoms with Gasteiger partial charge in [-0.25, -0.2) is 0 Å². The fourth-order valence-electron chi connectivity index (χ4n) is 4.01. The van der Waals surface area contributed by atoms with Gasteiger partial charge in [0.05, 0.1) is 32.6 Å². The summed E-state index contributed by atoms with van der Waals surface area (Å²) >= 11 is 0. The molecule has 166 valence electrons. The molecule has 2 aromatic rings. The molecular weight excluding hydrogens is 396 g/mol. The van der Waals surface area contributed by atoms with E-state index < -0.39 is 0 Å². The molecule has 0 aliphatic carbocycles. The van der Waals surface area contributed by atoms with E-state index in [1.165, 1.54) is 0 Å². The molecule has 0 radical (unpaired) electrons. The number of ether oxygens (including phenoxy) is 4. The molecule has 1 saturated heterocycles. The molecule has 2 heterocycles. The van der Waals surface area contributed by atoms with Crippen LogP contribution in [0.5, 0.6) is 17.2 Å². The summed E-state index contributed by atoms with van der Waals surface area (Å²) in [5, 5.41) is 0. The highest BCUT2D eigenvalue weighted by molar-refractivity contribution is 5.78. The second-order valence-corrected chi connectivity index (χ2v) is 8.45. The van der Waals surface area contributed by atoms with Crippen LogP contribution >= 0.6 is 0 Å². The number of carbonyl (C=O) groups is 1. The molecule has 1 amide bonds. The first-order valence-corrected chi connectivity index (χ1v) is 10.6. The zero-order valence-corrected chi connectivity index (χ0v) is 18.4. The Morgan fingerprint density at radius 1 is 1.10 bits per heavy atom. The standard InChI is InChI=1S/C24H30N2O5/c1-24(2)17-26(19-6-4-5-7-20(19)31-24)15-18-8-9-21(22(14-18)28-3)30-16-23(27)25-10-12-29-13-11-25/h4-9,14H,10-13,15-17H2,1-3H3. The van der Waals surface area contributed by atoms with Gasteiger partial charge >= 0.3 is 0 Å². The highest BCUT2D eigenvalue weighted by Crippen LogP contribution is 2.38. The number of para-hydroxylation sites is 2. The zero-order chi connectivity index (χ0) is 21.8. The lowest BCUT2D eigenvalue weighted by atomic mass is 10.0. The van der Waals surface area contributed by atoms with Crippen LogP contribution in [-0.4, -0.2) is 63.0 Å². The van der Waals surface area contributed by atoms with Crippen LogP contribution < -0.4 is 19.1 Å². The molecule has 2 aliphatic heterocycles. The minimum atomic E-state index is -0.276. The Morgan fingerprint density at radius 2 is 1.87 bits per heavy atom. The van der Waals surface area contributed by atoms with Crippen molar-refractivity contribution in [3.8, 4) is 17.2 Å². The van der Waals surface area contributed by atoms with Crippen LogP contribution in [0.2, 0.25) is 0 Å². The van der Waals surface area contributed by atoms with E-state index in [1.54, 1.807) is 12.0 Å². The average molecular weight is 427 g/mol. The van der Waals surface area contributed by atoms with E-state index in [4.69, 9.17) is 18.9 Å². The number of morpholine rings is 1. The number of hydrogen-bond donors (Lipinski definition) is 0. The molecule has 0 aromatic heterocycles. The van der Waals surface area contributed by atoms with Crippen LogP contribution in [0.4, 0.5) is 5.69 Å². The predicted octanol–water partition coefficient (Wildman–Crippen LogP) is 3.11.